The zero-order valence-corrected chi connectivity index (χ0v) is 10.4. The SMILES string of the molecule is CCN(CCO)Cc1cccc(C(=O)NC)c1. The summed E-state index contributed by atoms with van der Waals surface area (Å²) in [6.07, 6.45) is 0. The number of rotatable bonds is 6. The quantitative estimate of drug-likeness (QED) is 0.770. The molecule has 0 spiro atoms. The molecule has 0 atom stereocenters. The fraction of sp³-hybridized carbons (Fsp3) is 0.462. The Bertz CT molecular complexity index is 366. The summed E-state index contributed by atoms with van der Waals surface area (Å²) in [7, 11) is 1.62. The molecular weight excluding hydrogens is 216 g/mol. The Morgan fingerprint density at radius 3 is 2.82 bits per heavy atom. The van der Waals surface area contributed by atoms with Crippen LogP contribution in [0, 0.1) is 0 Å². The van der Waals surface area contributed by atoms with Crippen molar-refractivity contribution in [1.82, 2.24) is 10.2 Å². The lowest BCUT2D eigenvalue weighted by Gasteiger charge is -2.19. The lowest BCUT2D eigenvalue weighted by Crippen LogP contribution is -2.26. The number of hydrogen-bond donors (Lipinski definition) is 2. The van der Waals surface area contributed by atoms with Gasteiger partial charge in [0.2, 0.25) is 0 Å². The lowest BCUT2D eigenvalue weighted by atomic mass is 10.1. The summed E-state index contributed by atoms with van der Waals surface area (Å²) < 4.78 is 0. The van der Waals surface area contributed by atoms with Crippen LogP contribution in [0.3, 0.4) is 0 Å². The zero-order valence-electron chi connectivity index (χ0n) is 10.4. The van der Waals surface area contributed by atoms with Gasteiger partial charge >= 0.3 is 0 Å². The van der Waals surface area contributed by atoms with E-state index in [0.717, 1.165) is 18.7 Å². The molecule has 2 N–H and O–H groups in total. The molecule has 0 aromatic heterocycles. The van der Waals surface area contributed by atoms with Crippen LogP contribution in [0.25, 0.3) is 0 Å². The predicted octanol–water partition coefficient (Wildman–Crippen LogP) is 0.860. The monoisotopic (exact) mass is 236 g/mol. The Balaban J connectivity index is 2.74. The van der Waals surface area contributed by atoms with Crippen LogP contribution in [-0.2, 0) is 6.54 Å². The second-order valence-electron chi connectivity index (χ2n) is 3.87. The van der Waals surface area contributed by atoms with Crippen LogP contribution in [0.4, 0.5) is 0 Å². The van der Waals surface area contributed by atoms with Crippen molar-refractivity contribution in [2.24, 2.45) is 0 Å². The van der Waals surface area contributed by atoms with Crippen molar-refractivity contribution in [3.8, 4) is 0 Å². The van der Waals surface area contributed by atoms with Gasteiger partial charge in [-0.3, -0.25) is 9.69 Å². The number of aliphatic hydroxyl groups excluding tert-OH is 1. The number of likely N-dealkylation sites (N-methyl/N-ethyl adjacent to an activating group) is 1. The molecule has 94 valence electrons. The van der Waals surface area contributed by atoms with Crippen LogP contribution in [0.1, 0.15) is 22.8 Å². The Morgan fingerprint density at radius 1 is 1.47 bits per heavy atom. The molecule has 0 unspecified atom stereocenters. The van der Waals surface area contributed by atoms with E-state index >= 15 is 0 Å². The number of carbonyl (C=O) groups excluding carboxylic acids is 1. The Labute approximate surface area is 102 Å². The van der Waals surface area contributed by atoms with Gasteiger partial charge < -0.3 is 10.4 Å². The molecule has 0 aliphatic carbocycles. The third-order valence-corrected chi connectivity index (χ3v) is 2.69. The van der Waals surface area contributed by atoms with Crippen LogP contribution in [-0.4, -0.2) is 42.7 Å². The minimum absolute atomic E-state index is 0.0722. The number of aliphatic hydroxyl groups is 1. The molecule has 4 heteroatoms. The average molecular weight is 236 g/mol. The van der Waals surface area contributed by atoms with Gasteiger partial charge in [-0.1, -0.05) is 19.1 Å². The molecule has 0 aliphatic rings. The highest BCUT2D eigenvalue weighted by Gasteiger charge is 2.06. The maximum absolute atomic E-state index is 11.5. The fourth-order valence-electron chi connectivity index (χ4n) is 1.70. The molecule has 1 amide bonds. The highest BCUT2D eigenvalue weighted by molar-refractivity contribution is 5.94. The number of nitrogens with one attached hydrogen (secondary N) is 1. The molecule has 0 saturated carbocycles. The van der Waals surface area contributed by atoms with E-state index in [1.54, 1.807) is 13.1 Å². The van der Waals surface area contributed by atoms with E-state index < -0.39 is 0 Å². The molecule has 0 fully saturated rings. The summed E-state index contributed by atoms with van der Waals surface area (Å²) in [6, 6.07) is 7.56. The van der Waals surface area contributed by atoms with Gasteiger partial charge in [0.1, 0.15) is 0 Å². The normalized spacial score (nSPS) is 10.6. The summed E-state index contributed by atoms with van der Waals surface area (Å²) in [5.74, 6) is -0.0722. The predicted molar refractivity (Wildman–Crippen MR) is 67.9 cm³/mol. The van der Waals surface area contributed by atoms with Crippen LogP contribution in [0.2, 0.25) is 0 Å². The van der Waals surface area contributed by atoms with Gasteiger partial charge in [0.05, 0.1) is 6.61 Å². The number of carbonyl (C=O) groups is 1. The molecule has 4 nitrogen and oxygen atoms in total. The van der Waals surface area contributed by atoms with Crippen LogP contribution >= 0.6 is 0 Å². The van der Waals surface area contributed by atoms with E-state index in [-0.39, 0.29) is 12.5 Å². The summed E-state index contributed by atoms with van der Waals surface area (Å²) >= 11 is 0. The van der Waals surface area contributed by atoms with Gasteiger partial charge in [0.25, 0.3) is 5.91 Å². The van der Waals surface area contributed by atoms with E-state index in [4.69, 9.17) is 5.11 Å². The van der Waals surface area contributed by atoms with Gasteiger partial charge in [0, 0.05) is 25.7 Å². The number of amides is 1. The van der Waals surface area contributed by atoms with Crippen molar-refractivity contribution < 1.29 is 9.90 Å². The van der Waals surface area contributed by atoms with Gasteiger partial charge in [-0.15, -0.1) is 0 Å². The average Bonchev–Trinajstić information content (AvgIpc) is 2.37. The maximum atomic E-state index is 11.5. The van der Waals surface area contributed by atoms with Crippen molar-refractivity contribution in [2.45, 2.75) is 13.5 Å². The summed E-state index contributed by atoms with van der Waals surface area (Å²) in [5, 5.41) is 11.5. The van der Waals surface area contributed by atoms with E-state index in [0.29, 0.717) is 12.1 Å². The first-order chi connectivity index (χ1) is 8.21. The second-order valence-corrected chi connectivity index (χ2v) is 3.87. The number of benzene rings is 1. The zero-order chi connectivity index (χ0) is 12.7. The molecule has 0 bridgehead atoms. The summed E-state index contributed by atoms with van der Waals surface area (Å²) in [6.45, 7) is 4.49. The Kier molecular flexibility index (Phi) is 5.66. The summed E-state index contributed by atoms with van der Waals surface area (Å²) in [5.41, 5.74) is 1.76. The largest absolute Gasteiger partial charge is 0.395 e. The van der Waals surface area contributed by atoms with Gasteiger partial charge in [0.15, 0.2) is 0 Å². The van der Waals surface area contributed by atoms with Gasteiger partial charge in [-0.2, -0.15) is 0 Å². The fourth-order valence-corrected chi connectivity index (χ4v) is 1.70. The molecule has 0 heterocycles. The molecule has 17 heavy (non-hydrogen) atoms. The van der Waals surface area contributed by atoms with Crippen molar-refractivity contribution in [1.29, 1.82) is 0 Å². The third-order valence-electron chi connectivity index (χ3n) is 2.69. The van der Waals surface area contributed by atoms with Crippen molar-refractivity contribution in [3.05, 3.63) is 35.4 Å². The molecule has 0 saturated heterocycles. The first kappa shape index (κ1) is 13.7. The van der Waals surface area contributed by atoms with E-state index in [2.05, 4.69) is 17.1 Å². The van der Waals surface area contributed by atoms with Crippen molar-refractivity contribution in [3.63, 3.8) is 0 Å². The van der Waals surface area contributed by atoms with Crippen LogP contribution in [0.15, 0.2) is 24.3 Å². The topological polar surface area (TPSA) is 52.6 Å². The Morgan fingerprint density at radius 2 is 2.24 bits per heavy atom. The highest BCUT2D eigenvalue weighted by Crippen LogP contribution is 2.08. The minimum atomic E-state index is -0.0722. The maximum Gasteiger partial charge on any atom is 0.251 e. The molecule has 1 rings (SSSR count). The van der Waals surface area contributed by atoms with Gasteiger partial charge in [-0.25, -0.2) is 0 Å². The van der Waals surface area contributed by atoms with Gasteiger partial charge in [-0.05, 0) is 24.2 Å². The molecule has 0 radical (unpaired) electrons. The molecule has 1 aromatic rings. The molecular formula is C13H20N2O2. The van der Waals surface area contributed by atoms with Crippen molar-refractivity contribution >= 4 is 5.91 Å². The first-order valence-corrected chi connectivity index (χ1v) is 5.85. The molecule has 1 aromatic carbocycles. The third kappa shape index (κ3) is 4.17. The first-order valence-electron chi connectivity index (χ1n) is 5.85. The Hall–Kier alpha value is -1.39. The van der Waals surface area contributed by atoms with Crippen LogP contribution in [0.5, 0.6) is 0 Å². The second kappa shape index (κ2) is 7.04. The van der Waals surface area contributed by atoms with Crippen molar-refractivity contribution in [2.75, 3.05) is 26.7 Å². The standard InChI is InChI=1S/C13H20N2O2/c1-3-15(7-8-16)10-11-5-4-6-12(9-11)13(17)14-2/h4-6,9,16H,3,7-8,10H2,1-2H3,(H,14,17). The molecule has 0 aliphatic heterocycles. The number of nitrogens with zero attached hydrogens (tertiary/aromatic N) is 1. The number of hydrogen-bond acceptors (Lipinski definition) is 3. The minimum Gasteiger partial charge on any atom is -0.395 e. The highest BCUT2D eigenvalue weighted by atomic mass is 16.3. The van der Waals surface area contributed by atoms with E-state index in [9.17, 15) is 4.79 Å². The van der Waals surface area contributed by atoms with E-state index in [1.807, 2.05) is 18.2 Å². The van der Waals surface area contributed by atoms with Crippen LogP contribution < -0.4 is 5.32 Å². The smallest absolute Gasteiger partial charge is 0.251 e. The van der Waals surface area contributed by atoms with E-state index in [1.165, 1.54) is 0 Å². The lowest BCUT2D eigenvalue weighted by molar-refractivity contribution is 0.0963. The summed E-state index contributed by atoms with van der Waals surface area (Å²) in [4.78, 5) is 13.6.